The molecule has 0 spiro atoms. The number of aryl methyl sites for hydroxylation is 2. The monoisotopic (exact) mass is 412 g/mol. The highest BCUT2D eigenvalue weighted by Crippen LogP contribution is 2.39. The first kappa shape index (κ1) is 19.0. The van der Waals surface area contributed by atoms with Gasteiger partial charge >= 0.3 is 0 Å². The van der Waals surface area contributed by atoms with Crippen LogP contribution >= 0.6 is 22.9 Å². The zero-order valence-electron chi connectivity index (χ0n) is 16.3. The SMILES string of the molecule is CCC(=O)CC1N=C(c2ccc(Cl)cc2)c2c(sc(C)c2C)-n2c(C)nnc21. The van der Waals surface area contributed by atoms with Crippen molar-refractivity contribution in [3.8, 4) is 5.00 Å². The van der Waals surface area contributed by atoms with Gasteiger partial charge < -0.3 is 0 Å². The molecule has 1 aliphatic rings. The summed E-state index contributed by atoms with van der Waals surface area (Å²) in [5.41, 5.74) is 4.14. The summed E-state index contributed by atoms with van der Waals surface area (Å²) in [4.78, 5) is 18.6. The van der Waals surface area contributed by atoms with Crippen molar-refractivity contribution in [2.75, 3.05) is 0 Å². The zero-order valence-corrected chi connectivity index (χ0v) is 17.9. The summed E-state index contributed by atoms with van der Waals surface area (Å²) >= 11 is 7.82. The van der Waals surface area contributed by atoms with Crippen molar-refractivity contribution in [3.05, 3.63) is 62.5 Å². The van der Waals surface area contributed by atoms with E-state index in [-0.39, 0.29) is 11.8 Å². The van der Waals surface area contributed by atoms with E-state index in [1.165, 1.54) is 10.4 Å². The summed E-state index contributed by atoms with van der Waals surface area (Å²) < 4.78 is 2.07. The van der Waals surface area contributed by atoms with Gasteiger partial charge in [-0.2, -0.15) is 0 Å². The molecule has 7 heteroatoms. The lowest BCUT2D eigenvalue weighted by atomic mass is 9.99. The lowest BCUT2D eigenvalue weighted by Crippen LogP contribution is -2.10. The minimum absolute atomic E-state index is 0.162. The van der Waals surface area contributed by atoms with Crippen LogP contribution in [-0.4, -0.2) is 26.3 Å². The number of carbonyl (C=O) groups is 1. The van der Waals surface area contributed by atoms with E-state index in [2.05, 4.69) is 28.6 Å². The van der Waals surface area contributed by atoms with E-state index in [1.54, 1.807) is 11.3 Å². The summed E-state index contributed by atoms with van der Waals surface area (Å²) in [6.45, 7) is 8.05. The number of Topliss-reactive ketones (excluding diaryl/α,β-unsaturated/α-hetero) is 1. The second-order valence-corrected chi connectivity index (χ2v) is 8.64. The molecule has 1 aliphatic heterocycles. The summed E-state index contributed by atoms with van der Waals surface area (Å²) in [6, 6.07) is 7.34. The Morgan fingerprint density at radius 2 is 1.89 bits per heavy atom. The van der Waals surface area contributed by atoms with Crippen LogP contribution in [0.4, 0.5) is 0 Å². The van der Waals surface area contributed by atoms with Gasteiger partial charge in [-0.25, -0.2) is 0 Å². The van der Waals surface area contributed by atoms with Crippen LogP contribution in [0, 0.1) is 20.8 Å². The Morgan fingerprint density at radius 1 is 1.18 bits per heavy atom. The van der Waals surface area contributed by atoms with E-state index in [9.17, 15) is 4.79 Å². The standard InChI is InChI=1S/C21H21ClN4OS/c1-5-16(27)10-17-20-25-24-13(4)26(20)21-18(11(2)12(3)28-21)19(23-17)14-6-8-15(22)9-7-14/h6-9,17H,5,10H2,1-4H3. The molecular formula is C21H21ClN4OS. The van der Waals surface area contributed by atoms with Crippen LogP contribution in [0.3, 0.4) is 0 Å². The molecule has 0 amide bonds. The van der Waals surface area contributed by atoms with Gasteiger partial charge in [0.1, 0.15) is 22.7 Å². The predicted molar refractivity (Wildman–Crippen MR) is 113 cm³/mol. The number of ketones is 1. The van der Waals surface area contributed by atoms with E-state index in [1.807, 2.05) is 38.1 Å². The number of hydrogen-bond donors (Lipinski definition) is 0. The maximum absolute atomic E-state index is 12.3. The highest BCUT2D eigenvalue weighted by Gasteiger charge is 2.32. The van der Waals surface area contributed by atoms with Gasteiger partial charge in [-0.05, 0) is 38.5 Å². The predicted octanol–water partition coefficient (Wildman–Crippen LogP) is 5.17. The van der Waals surface area contributed by atoms with E-state index >= 15 is 0 Å². The van der Waals surface area contributed by atoms with Crippen LogP contribution in [0.2, 0.25) is 5.02 Å². The molecule has 4 rings (SSSR count). The number of thiophene rings is 1. The minimum Gasteiger partial charge on any atom is -0.300 e. The molecule has 0 bridgehead atoms. The molecule has 1 atom stereocenters. The smallest absolute Gasteiger partial charge is 0.163 e. The van der Waals surface area contributed by atoms with Gasteiger partial charge in [0, 0.05) is 33.9 Å². The van der Waals surface area contributed by atoms with Crippen LogP contribution in [0.5, 0.6) is 0 Å². The number of carbonyl (C=O) groups excluding carboxylic acids is 1. The van der Waals surface area contributed by atoms with Gasteiger partial charge in [-0.3, -0.25) is 14.4 Å². The van der Waals surface area contributed by atoms with Crippen molar-refractivity contribution in [3.63, 3.8) is 0 Å². The number of fused-ring (bicyclic) bond motifs is 3. The molecule has 0 saturated heterocycles. The van der Waals surface area contributed by atoms with Gasteiger partial charge in [0.15, 0.2) is 5.82 Å². The number of benzene rings is 1. The van der Waals surface area contributed by atoms with E-state index in [0.717, 1.165) is 33.5 Å². The van der Waals surface area contributed by atoms with Crippen molar-refractivity contribution in [1.82, 2.24) is 14.8 Å². The summed E-state index contributed by atoms with van der Waals surface area (Å²) in [5, 5.41) is 10.4. The molecule has 0 N–H and O–H groups in total. The topological polar surface area (TPSA) is 60.1 Å². The van der Waals surface area contributed by atoms with Gasteiger partial charge in [0.2, 0.25) is 0 Å². The number of halogens is 1. The molecular weight excluding hydrogens is 392 g/mol. The number of rotatable bonds is 4. The minimum atomic E-state index is -0.362. The molecule has 144 valence electrons. The Bertz CT molecular complexity index is 1090. The van der Waals surface area contributed by atoms with Crippen molar-refractivity contribution in [2.24, 2.45) is 4.99 Å². The Kier molecular flexibility index (Phi) is 4.93. The first-order valence-electron chi connectivity index (χ1n) is 9.28. The van der Waals surface area contributed by atoms with Crippen molar-refractivity contribution >= 4 is 34.4 Å². The van der Waals surface area contributed by atoms with E-state index in [4.69, 9.17) is 16.6 Å². The number of hydrogen-bond acceptors (Lipinski definition) is 5. The van der Waals surface area contributed by atoms with Crippen molar-refractivity contribution in [1.29, 1.82) is 0 Å². The van der Waals surface area contributed by atoms with E-state index in [0.29, 0.717) is 17.9 Å². The second kappa shape index (κ2) is 7.26. The first-order chi connectivity index (χ1) is 13.4. The Morgan fingerprint density at radius 3 is 2.57 bits per heavy atom. The highest BCUT2D eigenvalue weighted by molar-refractivity contribution is 7.15. The molecule has 0 aliphatic carbocycles. The zero-order chi connectivity index (χ0) is 20.0. The van der Waals surface area contributed by atoms with Crippen molar-refractivity contribution < 1.29 is 4.79 Å². The largest absolute Gasteiger partial charge is 0.300 e. The van der Waals surface area contributed by atoms with Gasteiger partial charge in [-0.1, -0.05) is 30.7 Å². The van der Waals surface area contributed by atoms with Gasteiger partial charge in [-0.15, -0.1) is 21.5 Å². The molecule has 0 saturated carbocycles. The Balaban J connectivity index is 2.01. The quantitative estimate of drug-likeness (QED) is 0.594. The fraction of sp³-hybridized carbons (Fsp3) is 0.333. The first-order valence-corrected chi connectivity index (χ1v) is 10.5. The third-order valence-corrected chi connectivity index (χ3v) is 6.62. The lowest BCUT2D eigenvalue weighted by molar-refractivity contribution is -0.119. The molecule has 1 aromatic carbocycles. The molecule has 1 unspecified atom stereocenters. The Labute approximate surface area is 173 Å². The summed E-state index contributed by atoms with van der Waals surface area (Å²) in [5.74, 6) is 1.69. The number of nitrogens with zero attached hydrogens (tertiary/aromatic N) is 4. The fourth-order valence-electron chi connectivity index (χ4n) is 3.49. The average Bonchev–Trinajstić information content (AvgIpc) is 3.15. The van der Waals surface area contributed by atoms with Crippen LogP contribution in [-0.2, 0) is 4.79 Å². The molecule has 3 aromatic rings. The maximum atomic E-state index is 12.3. The van der Waals surface area contributed by atoms with Gasteiger partial charge in [0.05, 0.1) is 5.71 Å². The number of aromatic nitrogens is 3. The molecule has 5 nitrogen and oxygen atoms in total. The van der Waals surface area contributed by atoms with Crippen LogP contribution < -0.4 is 0 Å². The molecule has 0 fully saturated rings. The summed E-state index contributed by atoms with van der Waals surface area (Å²) in [7, 11) is 0. The lowest BCUT2D eigenvalue weighted by Gasteiger charge is -2.11. The second-order valence-electron chi connectivity index (χ2n) is 7.00. The normalized spacial score (nSPS) is 15.6. The third kappa shape index (κ3) is 3.10. The number of aliphatic imine (C=N–C) groups is 1. The fourth-order valence-corrected chi connectivity index (χ4v) is 4.83. The van der Waals surface area contributed by atoms with Crippen LogP contribution in [0.1, 0.15) is 59.0 Å². The maximum Gasteiger partial charge on any atom is 0.163 e. The van der Waals surface area contributed by atoms with Crippen LogP contribution in [0.15, 0.2) is 29.3 Å². The molecule has 28 heavy (non-hydrogen) atoms. The summed E-state index contributed by atoms with van der Waals surface area (Å²) in [6.07, 6.45) is 0.800. The van der Waals surface area contributed by atoms with Crippen molar-refractivity contribution in [2.45, 2.75) is 46.6 Å². The third-order valence-electron chi connectivity index (χ3n) is 5.17. The Hall–Kier alpha value is -2.31. The highest BCUT2D eigenvalue weighted by atomic mass is 35.5. The van der Waals surface area contributed by atoms with E-state index < -0.39 is 0 Å². The van der Waals surface area contributed by atoms with Gasteiger partial charge in [0.25, 0.3) is 0 Å². The molecule has 0 radical (unpaired) electrons. The average molecular weight is 413 g/mol. The van der Waals surface area contributed by atoms with Crippen LogP contribution in [0.25, 0.3) is 5.00 Å². The molecule has 3 heterocycles. The molecule has 2 aromatic heterocycles.